The monoisotopic (exact) mass is 248 g/mol. The van der Waals surface area contributed by atoms with Crippen molar-refractivity contribution in [3.63, 3.8) is 0 Å². The predicted octanol–water partition coefficient (Wildman–Crippen LogP) is 1.29. The standard InChI is InChI=1S/C11H12N4OS/c12-11(16)9-3-4-10(15-14-9)13-6-5-8-2-1-7-17-8/h1-4,7H,5-6H2,(H2,12,16)(H,13,15). The highest BCUT2D eigenvalue weighted by Gasteiger charge is 2.02. The minimum atomic E-state index is -0.567. The lowest BCUT2D eigenvalue weighted by atomic mass is 10.3. The number of anilines is 1. The first kappa shape index (κ1) is 11.5. The van der Waals surface area contributed by atoms with E-state index >= 15 is 0 Å². The highest BCUT2D eigenvalue weighted by atomic mass is 32.1. The van der Waals surface area contributed by atoms with Crippen LogP contribution in [-0.4, -0.2) is 22.6 Å². The van der Waals surface area contributed by atoms with Crippen LogP contribution in [-0.2, 0) is 6.42 Å². The zero-order valence-electron chi connectivity index (χ0n) is 9.09. The normalized spacial score (nSPS) is 10.1. The predicted molar refractivity (Wildman–Crippen MR) is 67.1 cm³/mol. The van der Waals surface area contributed by atoms with Gasteiger partial charge in [0.15, 0.2) is 5.69 Å². The number of primary amides is 1. The summed E-state index contributed by atoms with van der Waals surface area (Å²) in [6.07, 6.45) is 0.941. The third kappa shape index (κ3) is 3.25. The fourth-order valence-corrected chi connectivity index (χ4v) is 2.04. The van der Waals surface area contributed by atoms with E-state index in [1.165, 1.54) is 4.88 Å². The maximum absolute atomic E-state index is 10.8. The highest BCUT2D eigenvalue weighted by Crippen LogP contribution is 2.09. The number of nitrogens with two attached hydrogens (primary N) is 1. The largest absolute Gasteiger partial charge is 0.368 e. The van der Waals surface area contributed by atoms with E-state index in [0.717, 1.165) is 13.0 Å². The molecular weight excluding hydrogens is 236 g/mol. The van der Waals surface area contributed by atoms with Gasteiger partial charge in [-0.3, -0.25) is 4.79 Å². The topological polar surface area (TPSA) is 80.9 Å². The lowest BCUT2D eigenvalue weighted by Gasteiger charge is -2.03. The zero-order valence-corrected chi connectivity index (χ0v) is 9.91. The van der Waals surface area contributed by atoms with Gasteiger partial charge in [0, 0.05) is 11.4 Å². The fourth-order valence-electron chi connectivity index (χ4n) is 1.33. The molecule has 2 rings (SSSR count). The Balaban J connectivity index is 1.85. The summed E-state index contributed by atoms with van der Waals surface area (Å²) in [4.78, 5) is 12.1. The quantitative estimate of drug-likeness (QED) is 0.835. The number of carbonyl (C=O) groups is 1. The minimum absolute atomic E-state index is 0.175. The van der Waals surface area contributed by atoms with Gasteiger partial charge >= 0.3 is 0 Å². The first-order valence-corrected chi connectivity index (χ1v) is 6.03. The average Bonchev–Trinajstić information content (AvgIpc) is 2.83. The smallest absolute Gasteiger partial charge is 0.269 e. The molecule has 0 aromatic carbocycles. The van der Waals surface area contributed by atoms with E-state index in [2.05, 4.69) is 27.0 Å². The van der Waals surface area contributed by atoms with E-state index in [0.29, 0.717) is 5.82 Å². The maximum Gasteiger partial charge on any atom is 0.269 e. The van der Waals surface area contributed by atoms with Crippen molar-refractivity contribution in [1.29, 1.82) is 0 Å². The van der Waals surface area contributed by atoms with Crippen LogP contribution >= 0.6 is 11.3 Å². The number of rotatable bonds is 5. The van der Waals surface area contributed by atoms with E-state index in [4.69, 9.17) is 5.73 Å². The summed E-state index contributed by atoms with van der Waals surface area (Å²) in [6, 6.07) is 7.37. The van der Waals surface area contributed by atoms with Crippen molar-refractivity contribution >= 4 is 23.1 Å². The van der Waals surface area contributed by atoms with Crippen LogP contribution in [0.4, 0.5) is 5.82 Å². The molecule has 0 unspecified atom stereocenters. The molecule has 2 aromatic rings. The average molecular weight is 248 g/mol. The minimum Gasteiger partial charge on any atom is -0.368 e. The number of amides is 1. The van der Waals surface area contributed by atoms with Gasteiger partial charge in [-0.1, -0.05) is 6.07 Å². The molecule has 6 heteroatoms. The number of carbonyl (C=O) groups excluding carboxylic acids is 1. The second-order valence-electron chi connectivity index (χ2n) is 3.42. The van der Waals surface area contributed by atoms with Crippen LogP contribution in [0.1, 0.15) is 15.4 Å². The molecule has 0 bridgehead atoms. The van der Waals surface area contributed by atoms with Crippen LogP contribution in [0.5, 0.6) is 0 Å². The van der Waals surface area contributed by atoms with E-state index in [9.17, 15) is 4.79 Å². The summed E-state index contributed by atoms with van der Waals surface area (Å²) in [5, 5.41) is 12.8. The van der Waals surface area contributed by atoms with Gasteiger partial charge in [0.1, 0.15) is 5.82 Å². The van der Waals surface area contributed by atoms with Crippen LogP contribution in [0.2, 0.25) is 0 Å². The molecule has 0 fully saturated rings. The highest BCUT2D eigenvalue weighted by molar-refractivity contribution is 7.09. The number of hydrogen-bond donors (Lipinski definition) is 2. The Morgan fingerprint density at radius 3 is 2.82 bits per heavy atom. The Morgan fingerprint density at radius 1 is 1.35 bits per heavy atom. The van der Waals surface area contributed by atoms with Crippen LogP contribution in [0.3, 0.4) is 0 Å². The Bertz CT molecular complexity index is 481. The molecule has 2 aromatic heterocycles. The maximum atomic E-state index is 10.8. The molecular formula is C11H12N4OS. The van der Waals surface area contributed by atoms with Gasteiger partial charge < -0.3 is 11.1 Å². The Kier molecular flexibility index (Phi) is 3.66. The summed E-state index contributed by atoms with van der Waals surface area (Å²) < 4.78 is 0. The van der Waals surface area contributed by atoms with E-state index in [-0.39, 0.29) is 5.69 Å². The molecule has 17 heavy (non-hydrogen) atoms. The Hall–Kier alpha value is -1.95. The summed E-state index contributed by atoms with van der Waals surface area (Å²) in [6.45, 7) is 0.783. The van der Waals surface area contributed by atoms with Crippen molar-refractivity contribution in [2.75, 3.05) is 11.9 Å². The van der Waals surface area contributed by atoms with Crippen LogP contribution in [0.25, 0.3) is 0 Å². The van der Waals surface area contributed by atoms with Crippen LogP contribution < -0.4 is 11.1 Å². The molecule has 2 heterocycles. The molecule has 0 aliphatic heterocycles. The molecule has 0 atom stereocenters. The third-order valence-corrected chi connectivity index (χ3v) is 3.11. The Labute approximate surface area is 103 Å². The van der Waals surface area contributed by atoms with Crippen LogP contribution in [0, 0.1) is 0 Å². The van der Waals surface area contributed by atoms with Gasteiger partial charge in [-0.25, -0.2) is 0 Å². The number of aromatic nitrogens is 2. The number of nitrogens with one attached hydrogen (secondary N) is 1. The molecule has 1 amide bonds. The van der Waals surface area contributed by atoms with Crippen molar-refractivity contribution < 1.29 is 4.79 Å². The van der Waals surface area contributed by atoms with E-state index in [1.54, 1.807) is 23.5 Å². The molecule has 0 radical (unpaired) electrons. The van der Waals surface area contributed by atoms with Crippen molar-refractivity contribution in [3.8, 4) is 0 Å². The van der Waals surface area contributed by atoms with Gasteiger partial charge in [0.25, 0.3) is 5.91 Å². The molecule has 3 N–H and O–H groups in total. The van der Waals surface area contributed by atoms with Gasteiger partial charge in [0.2, 0.25) is 0 Å². The third-order valence-electron chi connectivity index (χ3n) is 2.17. The number of hydrogen-bond acceptors (Lipinski definition) is 5. The van der Waals surface area contributed by atoms with E-state index < -0.39 is 5.91 Å². The first-order valence-electron chi connectivity index (χ1n) is 5.15. The van der Waals surface area contributed by atoms with Gasteiger partial charge in [-0.05, 0) is 30.0 Å². The van der Waals surface area contributed by atoms with Crippen LogP contribution in [0.15, 0.2) is 29.6 Å². The van der Waals surface area contributed by atoms with Gasteiger partial charge in [-0.2, -0.15) is 0 Å². The number of nitrogens with zero attached hydrogens (tertiary/aromatic N) is 2. The van der Waals surface area contributed by atoms with E-state index in [1.807, 2.05) is 6.07 Å². The molecule has 0 saturated carbocycles. The summed E-state index contributed by atoms with van der Waals surface area (Å²) in [5.41, 5.74) is 5.24. The van der Waals surface area contributed by atoms with Gasteiger partial charge in [0.05, 0.1) is 0 Å². The summed E-state index contributed by atoms with van der Waals surface area (Å²) in [7, 11) is 0. The molecule has 0 aliphatic rings. The van der Waals surface area contributed by atoms with Crippen molar-refractivity contribution in [2.45, 2.75) is 6.42 Å². The fraction of sp³-hybridized carbons (Fsp3) is 0.182. The second kappa shape index (κ2) is 5.40. The van der Waals surface area contributed by atoms with Crippen molar-refractivity contribution in [1.82, 2.24) is 10.2 Å². The molecule has 0 aliphatic carbocycles. The SMILES string of the molecule is NC(=O)c1ccc(NCCc2cccs2)nn1. The van der Waals surface area contributed by atoms with Crippen molar-refractivity contribution in [2.24, 2.45) is 5.73 Å². The summed E-state index contributed by atoms with van der Waals surface area (Å²) in [5.74, 6) is 0.0780. The summed E-state index contributed by atoms with van der Waals surface area (Å²) >= 11 is 1.73. The molecule has 0 saturated heterocycles. The first-order chi connectivity index (χ1) is 8.25. The van der Waals surface area contributed by atoms with Crippen molar-refractivity contribution in [3.05, 3.63) is 40.2 Å². The molecule has 88 valence electrons. The lowest BCUT2D eigenvalue weighted by molar-refractivity contribution is 0.0994. The molecule has 5 nitrogen and oxygen atoms in total. The molecule has 0 spiro atoms. The lowest BCUT2D eigenvalue weighted by Crippen LogP contribution is -2.14. The zero-order chi connectivity index (χ0) is 12.1. The van der Waals surface area contributed by atoms with Gasteiger partial charge in [-0.15, -0.1) is 21.5 Å². The Morgan fingerprint density at radius 2 is 2.24 bits per heavy atom. The number of thiophene rings is 1. The second-order valence-corrected chi connectivity index (χ2v) is 4.46.